The highest BCUT2D eigenvalue weighted by Crippen LogP contribution is 2.21. The lowest BCUT2D eigenvalue weighted by Crippen LogP contribution is -2.08. The topological polar surface area (TPSA) is 75.4 Å². The van der Waals surface area contributed by atoms with Gasteiger partial charge in [0.1, 0.15) is 0 Å². The molecule has 1 amide bonds. The number of nitrogens with one attached hydrogen (secondary N) is 1. The largest absolute Gasteiger partial charge is 0.465 e. The van der Waals surface area contributed by atoms with Crippen molar-refractivity contribution in [2.75, 3.05) is 5.32 Å². The monoisotopic (exact) mass is 178 g/mol. The van der Waals surface area contributed by atoms with Crippen LogP contribution in [0, 0.1) is 0 Å². The number of rotatable bonds is 1. The van der Waals surface area contributed by atoms with Crippen molar-refractivity contribution in [1.82, 2.24) is 4.98 Å². The number of carboxylic acid groups (broad SMARTS) is 1. The molecule has 2 rings (SSSR count). The van der Waals surface area contributed by atoms with Gasteiger partial charge >= 0.3 is 6.09 Å². The van der Waals surface area contributed by atoms with E-state index in [4.69, 9.17) is 9.52 Å². The molecule has 0 aliphatic rings. The van der Waals surface area contributed by atoms with E-state index in [1.54, 1.807) is 12.1 Å². The third-order valence-electron chi connectivity index (χ3n) is 1.59. The molecule has 2 heterocycles. The number of hydrogen-bond acceptors (Lipinski definition) is 3. The van der Waals surface area contributed by atoms with Crippen LogP contribution < -0.4 is 5.32 Å². The van der Waals surface area contributed by atoms with E-state index in [9.17, 15) is 4.79 Å². The number of furan rings is 1. The summed E-state index contributed by atoms with van der Waals surface area (Å²) >= 11 is 0. The van der Waals surface area contributed by atoms with Gasteiger partial charge in [-0.1, -0.05) is 0 Å². The van der Waals surface area contributed by atoms with Crippen LogP contribution in [0.1, 0.15) is 0 Å². The highest BCUT2D eigenvalue weighted by Gasteiger charge is 2.06. The molecule has 66 valence electrons. The van der Waals surface area contributed by atoms with Crippen LogP contribution in [0.25, 0.3) is 11.0 Å². The van der Waals surface area contributed by atoms with Crippen molar-refractivity contribution in [3.05, 3.63) is 24.6 Å². The fraction of sp³-hybridized carbons (Fsp3) is 0. The van der Waals surface area contributed by atoms with E-state index in [1.165, 1.54) is 12.5 Å². The Morgan fingerprint density at radius 3 is 3.15 bits per heavy atom. The second kappa shape index (κ2) is 2.78. The summed E-state index contributed by atoms with van der Waals surface area (Å²) in [6, 6.07) is 3.48. The van der Waals surface area contributed by atoms with Gasteiger partial charge in [0.2, 0.25) is 0 Å². The molecule has 5 heteroatoms. The summed E-state index contributed by atoms with van der Waals surface area (Å²) in [5, 5.41) is 11.4. The molecule has 0 aliphatic carbocycles. The number of carbonyl (C=O) groups is 1. The van der Waals surface area contributed by atoms with E-state index in [2.05, 4.69) is 10.3 Å². The molecule has 0 saturated carbocycles. The minimum Gasteiger partial charge on any atom is -0.465 e. The average Bonchev–Trinajstić information content (AvgIpc) is 2.51. The van der Waals surface area contributed by atoms with Crippen molar-refractivity contribution >= 4 is 22.9 Å². The number of aromatic nitrogens is 1. The summed E-state index contributed by atoms with van der Waals surface area (Å²) in [5.41, 5.74) is 0.449. The molecular formula is C8H6N2O3. The molecule has 0 radical (unpaired) electrons. The van der Waals surface area contributed by atoms with Gasteiger partial charge in [-0.3, -0.25) is 5.32 Å². The lowest BCUT2D eigenvalue weighted by molar-refractivity contribution is 0.209. The molecular weight excluding hydrogens is 172 g/mol. The maximum atomic E-state index is 10.3. The third kappa shape index (κ3) is 1.31. The normalized spacial score (nSPS) is 10.2. The Bertz CT molecular complexity index is 449. The molecule has 0 atom stereocenters. The van der Waals surface area contributed by atoms with Gasteiger partial charge < -0.3 is 9.52 Å². The fourth-order valence-corrected chi connectivity index (χ4v) is 1.08. The highest BCUT2D eigenvalue weighted by molar-refractivity contribution is 5.94. The van der Waals surface area contributed by atoms with Crippen LogP contribution in [-0.2, 0) is 0 Å². The molecule has 0 aromatic carbocycles. The molecule has 0 bridgehead atoms. The van der Waals surface area contributed by atoms with Gasteiger partial charge in [-0.15, -0.1) is 0 Å². The van der Waals surface area contributed by atoms with Gasteiger partial charge in [0.05, 0.1) is 6.26 Å². The van der Waals surface area contributed by atoms with Crippen LogP contribution in [0.5, 0.6) is 0 Å². The number of pyridine rings is 1. The molecule has 0 aliphatic heterocycles. The first-order chi connectivity index (χ1) is 6.27. The summed E-state index contributed by atoms with van der Waals surface area (Å²) in [5.74, 6) is 0.218. The zero-order chi connectivity index (χ0) is 9.26. The Hall–Kier alpha value is -2.04. The fourth-order valence-electron chi connectivity index (χ4n) is 1.08. The van der Waals surface area contributed by atoms with Crippen molar-refractivity contribution in [3.63, 3.8) is 0 Å². The van der Waals surface area contributed by atoms with E-state index in [-0.39, 0.29) is 5.82 Å². The van der Waals surface area contributed by atoms with E-state index in [0.29, 0.717) is 5.58 Å². The number of hydrogen-bond donors (Lipinski definition) is 2. The van der Waals surface area contributed by atoms with Gasteiger partial charge in [0.25, 0.3) is 0 Å². The maximum Gasteiger partial charge on any atom is 0.410 e. The first-order valence-electron chi connectivity index (χ1n) is 3.59. The minimum absolute atomic E-state index is 0.218. The predicted molar refractivity (Wildman–Crippen MR) is 45.7 cm³/mol. The number of anilines is 1. The van der Waals surface area contributed by atoms with Crippen LogP contribution in [-0.4, -0.2) is 16.2 Å². The summed E-state index contributed by atoms with van der Waals surface area (Å²) in [7, 11) is 0. The van der Waals surface area contributed by atoms with Gasteiger partial charge in [-0.05, 0) is 12.1 Å². The Morgan fingerprint density at radius 1 is 1.54 bits per heavy atom. The van der Waals surface area contributed by atoms with Crippen molar-refractivity contribution in [2.24, 2.45) is 0 Å². The van der Waals surface area contributed by atoms with Gasteiger partial charge in [-0.25, -0.2) is 9.78 Å². The average molecular weight is 178 g/mol. The van der Waals surface area contributed by atoms with Crippen LogP contribution in [0.3, 0.4) is 0 Å². The Balaban J connectivity index is 2.54. The molecule has 13 heavy (non-hydrogen) atoms. The van der Waals surface area contributed by atoms with Crippen LogP contribution in [0.15, 0.2) is 29.0 Å². The molecule has 0 unspecified atom stereocenters. The quantitative estimate of drug-likeness (QED) is 0.699. The second-order valence-electron chi connectivity index (χ2n) is 2.43. The molecule has 0 spiro atoms. The lowest BCUT2D eigenvalue weighted by Gasteiger charge is -1.98. The summed E-state index contributed by atoms with van der Waals surface area (Å²) in [6.07, 6.45) is 1.85. The van der Waals surface area contributed by atoms with Crippen molar-refractivity contribution in [3.8, 4) is 0 Å². The Morgan fingerprint density at radius 2 is 2.38 bits per heavy atom. The first kappa shape index (κ1) is 7.60. The first-order valence-corrected chi connectivity index (χ1v) is 3.59. The smallest absolute Gasteiger partial charge is 0.410 e. The summed E-state index contributed by atoms with van der Waals surface area (Å²) in [4.78, 5) is 14.2. The molecule has 5 nitrogen and oxygen atoms in total. The molecule has 2 N–H and O–H groups in total. The van der Waals surface area contributed by atoms with Crippen LogP contribution in [0.2, 0.25) is 0 Å². The summed E-state index contributed by atoms with van der Waals surface area (Å²) in [6.45, 7) is 0. The van der Waals surface area contributed by atoms with E-state index < -0.39 is 6.09 Å². The lowest BCUT2D eigenvalue weighted by atomic mass is 10.3. The van der Waals surface area contributed by atoms with E-state index in [0.717, 1.165) is 5.39 Å². The van der Waals surface area contributed by atoms with Crippen molar-refractivity contribution in [1.29, 1.82) is 0 Å². The third-order valence-corrected chi connectivity index (χ3v) is 1.59. The standard InChI is InChI=1S/C8H6N2O3/c11-8(12)10-7-6-5(1-3-9-7)2-4-13-6/h1-4H,(H,9,10)(H,11,12). The van der Waals surface area contributed by atoms with Gasteiger partial charge in [0.15, 0.2) is 11.4 Å². The van der Waals surface area contributed by atoms with E-state index >= 15 is 0 Å². The second-order valence-corrected chi connectivity index (χ2v) is 2.43. The molecule has 2 aromatic heterocycles. The molecule has 0 saturated heterocycles. The van der Waals surface area contributed by atoms with Crippen molar-refractivity contribution in [2.45, 2.75) is 0 Å². The Kier molecular flexibility index (Phi) is 1.63. The summed E-state index contributed by atoms with van der Waals surface area (Å²) < 4.78 is 5.06. The maximum absolute atomic E-state index is 10.3. The zero-order valence-electron chi connectivity index (χ0n) is 6.52. The number of fused-ring (bicyclic) bond motifs is 1. The Labute approximate surface area is 73.0 Å². The van der Waals surface area contributed by atoms with Crippen molar-refractivity contribution < 1.29 is 14.3 Å². The van der Waals surface area contributed by atoms with E-state index in [1.807, 2.05) is 0 Å². The number of nitrogens with zero attached hydrogens (tertiary/aromatic N) is 1. The molecule has 0 fully saturated rings. The zero-order valence-corrected chi connectivity index (χ0v) is 6.52. The van der Waals surface area contributed by atoms with Crippen LogP contribution in [0.4, 0.5) is 10.6 Å². The van der Waals surface area contributed by atoms with Gasteiger partial charge in [0, 0.05) is 11.6 Å². The predicted octanol–water partition coefficient (Wildman–Crippen LogP) is 1.92. The number of amides is 1. The SMILES string of the molecule is O=C(O)Nc1nccc2ccoc12. The van der Waals surface area contributed by atoms with Gasteiger partial charge in [-0.2, -0.15) is 0 Å². The minimum atomic E-state index is -1.16. The highest BCUT2D eigenvalue weighted by atomic mass is 16.4. The molecule has 2 aromatic rings. The van der Waals surface area contributed by atoms with Crippen LogP contribution >= 0.6 is 0 Å².